The van der Waals surface area contributed by atoms with Gasteiger partial charge in [0, 0.05) is 37.8 Å². The molecule has 33 heavy (non-hydrogen) atoms. The van der Waals surface area contributed by atoms with Crippen LogP contribution >= 0.6 is 11.3 Å². The molecule has 0 aromatic carbocycles. The lowest BCUT2D eigenvalue weighted by atomic mass is 10.1. The van der Waals surface area contributed by atoms with Crippen molar-refractivity contribution in [2.45, 2.75) is 38.7 Å². The molecule has 1 atom stereocenters. The maximum Gasteiger partial charge on any atom is 0.490 e. The fourth-order valence-corrected chi connectivity index (χ4v) is 3.96. The number of thiazole rings is 1. The number of amides is 1. The van der Waals surface area contributed by atoms with Crippen molar-refractivity contribution in [3.05, 3.63) is 58.2 Å². The monoisotopic (exact) mass is 485 g/mol. The summed E-state index contributed by atoms with van der Waals surface area (Å²) in [6.07, 6.45) is -0.919. The SMILES string of the molecule is Cc1nc(CN2Cc3ccnn3C(CCNC(=O)c3ccco3)C2)cs1.O=C(O)C(F)(F)F. The highest BCUT2D eigenvalue weighted by molar-refractivity contribution is 7.09. The first-order valence-corrected chi connectivity index (χ1v) is 10.8. The summed E-state index contributed by atoms with van der Waals surface area (Å²) in [4.78, 5) is 27.9. The van der Waals surface area contributed by atoms with Gasteiger partial charge in [0.1, 0.15) is 0 Å². The molecule has 0 radical (unpaired) electrons. The largest absolute Gasteiger partial charge is 0.490 e. The van der Waals surface area contributed by atoms with E-state index in [1.165, 1.54) is 12.0 Å². The number of carboxylic acids is 1. The number of hydrogen-bond acceptors (Lipinski definition) is 7. The summed E-state index contributed by atoms with van der Waals surface area (Å²) in [6.45, 7) is 5.20. The molecule has 1 aliphatic heterocycles. The Labute approximate surface area is 190 Å². The van der Waals surface area contributed by atoms with Gasteiger partial charge in [0.2, 0.25) is 0 Å². The Hall–Kier alpha value is -3.19. The second kappa shape index (κ2) is 10.6. The predicted molar refractivity (Wildman–Crippen MR) is 112 cm³/mol. The van der Waals surface area contributed by atoms with Crippen LogP contribution in [0.1, 0.15) is 39.4 Å². The number of nitrogens with one attached hydrogen (secondary N) is 1. The van der Waals surface area contributed by atoms with E-state index in [4.69, 9.17) is 14.3 Å². The fourth-order valence-electron chi connectivity index (χ4n) is 3.36. The van der Waals surface area contributed by atoms with Gasteiger partial charge >= 0.3 is 12.1 Å². The van der Waals surface area contributed by atoms with Crippen molar-refractivity contribution in [2.75, 3.05) is 13.1 Å². The Bertz CT molecular complexity index is 1060. The van der Waals surface area contributed by atoms with Crippen molar-refractivity contribution in [3.63, 3.8) is 0 Å². The second-order valence-corrected chi connectivity index (χ2v) is 8.34. The number of furan rings is 1. The molecule has 0 bridgehead atoms. The average molecular weight is 485 g/mol. The number of carbonyl (C=O) groups is 2. The number of aliphatic carboxylic acids is 1. The van der Waals surface area contributed by atoms with Crippen LogP contribution in [0, 0.1) is 6.92 Å². The van der Waals surface area contributed by atoms with Crippen molar-refractivity contribution < 1.29 is 32.3 Å². The minimum Gasteiger partial charge on any atom is -0.475 e. The van der Waals surface area contributed by atoms with Crippen LogP contribution in [0.15, 0.2) is 40.5 Å². The Morgan fingerprint density at radius 1 is 1.36 bits per heavy atom. The molecule has 2 N–H and O–H groups in total. The summed E-state index contributed by atoms with van der Waals surface area (Å²) >= 11 is 1.69. The number of aryl methyl sites for hydroxylation is 1. The molecule has 0 spiro atoms. The van der Waals surface area contributed by atoms with Crippen LogP contribution in [0.3, 0.4) is 0 Å². The van der Waals surface area contributed by atoms with E-state index >= 15 is 0 Å². The number of carboxylic acid groups (broad SMARTS) is 1. The maximum absolute atomic E-state index is 12.0. The lowest BCUT2D eigenvalue weighted by molar-refractivity contribution is -0.192. The number of halogens is 3. The average Bonchev–Trinajstić information content (AvgIpc) is 3.49. The molecule has 1 amide bonds. The molecule has 1 aliphatic rings. The molecule has 4 heterocycles. The van der Waals surface area contributed by atoms with Crippen LogP contribution in [0.25, 0.3) is 0 Å². The smallest absolute Gasteiger partial charge is 0.475 e. The van der Waals surface area contributed by atoms with Crippen LogP contribution < -0.4 is 5.32 Å². The van der Waals surface area contributed by atoms with Crippen LogP contribution in [0.4, 0.5) is 13.2 Å². The Balaban J connectivity index is 0.000000383. The van der Waals surface area contributed by atoms with Crippen molar-refractivity contribution in [3.8, 4) is 0 Å². The van der Waals surface area contributed by atoms with E-state index < -0.39 is 12.1 Å². The number of rotatable bonds is 6. The van der Waals surface area contributed by atoms with Crippen molar-refractivity contribution >= 4 is 23.2 Å². The normalized spacial score (nSPS) is 15.9. The summed E-state index contributed by atoms with van der Waals surface area (Å²) < 4.78 is 38.9. The van der Waals surface area contributed by atoms with Crippen LogP contribution in [-0.4, -0.2) is 55.9 Å². The van der Waals surface area contributed by atoms with E-state index in [1.54, 1.807) is 23.5 Å². The number of hydrogen-bond donors (Lipinski definition) is 2. The summed E-state index contributed by atoms with van der Waals surface area (Å²) in [7, 11) is 0. The summed E-state index contributed by atoms with van der Waals surface area (Å²) in [5.41, 5.74) is 2.32. The van der Waals surface area contributed by atoms with Gasteiger partial charge in [0.15, 0.2) is 5.76 Å². The van der Waals surface area contributed by atoms with Gasteiger partial charge in [-0.2, -0.15) is 18.3 Å². The zero-order chi connectivity index (χ0) is 24.0. The first-order chi connectivity index (χ1) is 15.6. The third kappa shape index (κ3) is 6.89. The van der Waals surface area contributed by atoms with Crippen LogP contribution in [0.5, 0.6) is 0 Å². The summed E-state index contributed by atoms with van der Waals surface area (Å²) in [5, 5.41) is 17.7. The lowest BCUT2D eigenvalue weighted by Crippen LogP contribution is -2.39. The van der Waals surface area contributed by atoms with E-state index in [2.05, 4.69) is 36.4 Å². The molecule has 9 nitrogen and oxygen atoms in total. The molecular formula is C20H22F3N5O4S. The molecule has 178 valence electrons. The standard InChI is InChI=1S/C18H21N5O2S.C2HF3O2/c1-13-21-14(12-26-13)9-22-10-15(23-16(11-22)5-7-20-23)4-6-19-18(24)17-3-2-8-25-17;3-2(4,5)1(6)7/h2-3,5,7-8,12,15H,4,6,9-11H2,1H3,(H,19,24);(H,6,7). The Morgan fingerprint density at radius 3 is 2.73 bits per heavy atom. The van der Waals surface area contributed by atoms with Crippen molar-refractivity contribution in [1.29, 1.82) is 0 Å². The van der Waals surface area contributed by atoms with Crippen molar-refractivity contribution in [2.24, 2.45) is 0 Å². The van der Waals surface area contributed by atoms with E-state index in [0.717, 1.165) is 36.8 Å². The third-order valence-corrected chi connectivity index (χ3v) is 5.58. The Kier molecular flexibility index (Phi) is 7.87. The van der Waals surface area contributed by atoms with Gasteiger partial charge < -0.3 is 14.8 Å². The molecule has 3 aromatic rings. The number of aromatic nitrogens is 3. The number of carbonyl (C=O) groups excluding carboxylic acids is 1. The van der Waals surface area contributed by atoms with Gasteiger partial charge in [0.05, 0.1) is 28.7 Å². The second-order valence-electron chi connectivity index (χ2n) is 7.27. The number of alkyl halides is 3. The lowest BCUT2D eigenvalue weighted by Gasteiger charge is -2.33. The van der Waals surface area contributed by atoms with E-state index in [0.29, 0.717) is 12.3 Å². The molecular weight excluding hydrogens is 463 g/mol. The Morgan fingerprint density at radius 2 is 2.12 bits per heavy atom. The van der Waals surface area contributed by atoms with Gasteiger partial charge in [-0.05, 0) is 31.5 Å². The highest BCUT2D eigenvalue weighted by atomic mass is 32.1. The topological polar surface area (TPSA) is 113 Å². The number of nitrogens with zero attached hydrogens (tertiary/aromatic N) is 4. The van der Waals surface area contributed by atoms with Gasteiger partial charge in [0.25, 0.3) is 5.91 Å². The van der Waals surface area contributed by atoms with Gasteiger partial charge in [-0.15, -0.1) is 11.3 Å². The minimum atomic E-state index is -5.08. The molecule has 13 heteroatoms. The predicted octanol–water partition coefficient (Wildman–Crippen LogP) is 3.25. The quantitative estimate of drug-likeness (QED) is 0.551. The number of fused-ring (bicyclic) bond motifs is 1. The highest BCUT2D eigenvalue weighted by Crippen LogP contribution is 2.24. The summed E-state index contributed by atoms with van der Waals surface area (Å²) in [5.74, 6) is -2.59. The fraction of sp³-hybridized carbons (Fsp3) is 0.400. The molecule has 0 fully saturated rings. The zero-order valence-corrected chi connectivity index (χ0v) is 18.4. The zero-order valence-electron chi connectivity index (χ0n) is 17.6. The molecule has 4 rings (SSSR count). The molecule has 0 saturated heterocycles. The summed E-state index contributed by atoms with van der Waals surface area (Å²) in [6, 6.07) is 5.67. The van der Waals surface area contributed by atoms with E-state index in [9.17, 15) is 18.0 Å². The first kappa shape index (κ1) is 24.5. The van der Waals surface area contributed by atoms with E-state index in [1.807, 2.05) is 13.1 Å². The van der Waals surface area contributed by atoms with Crippen LogP contribution in [-0.2, 0) is 17.9 Å². The van der Waals surface area contributed by atoms with E-state index in [-0.39, 0.29) is 11.9 Å². The van der Waals surface area contributed by atoms with Crippen LogP contribution in [0.2, 0.25) is 0 Å². The maximum atomic E-state index is 12.0. The van der Waals surface area contributed by atoms with Gasteiger partial charge in [-0.3, -0.25) is 14.4 Å². The third-order valence-electron chi connectivity index (χ3n) is 4.76. The molecule has 0 aliphatic carbocycles. The highest BCUT2D eigenvalue weighted by Gasteiger charge is 2.38. The van der Waals surface area contributed by atoms with Gasteiger partial charge in [-0.1, -0.05) is 0 Å². The minimum absolute atomic E-state index is 0.179. The molecule has 1 unspecified atom stereocenters. The molecule has 0 saturated carbocycles. The van der Waals surface area contributed by atoms with Crippen molar-refractivity contribution in [1.82, 2.24) is 25.0 Å². The first-order valence-electron chi connectivity index (χ1n) is 9.91. The van der Waals surface area contributed by atoms with Gasteiger partial charge in [-0.25, -0.2) is 9.78 Å². The molecule has 3 aromatic heterocycles.